The van der Waals surface area contributed by atoms with Crippen LogP contribution in [-0.4, -0.2) is 21.4 Å². The number of carbonyl (C=O) groups excluding carboxylic acids is 1. The van der Waals surface area contributed by atoms with Crippen LogP contribution < -0.4 is 14.8 Å². The minimum Gasteiger partial charge on any atom is -0.495 e. The first-order valence-electron chi connectivity index (χ1n) is 9.64. The minimum absolute atomic E-state index is 0.0727. The van der Waals surface area contributed by atoms with Crippen molar-refractivity contribution in [3.8, 4) is 5.75 Å². The van der Waals surface area contributed by atoms with Gasteiger partial charge in [0.25, 0.3) is 15.9 Å². The average Bonchev–Trinajstić information content (AvgIpc) is 2.75. The van der Waals surface area contributed by atoms with Crippen molar-refractivity contribution in [2.75, 3.05) is 11.8 Å². The van der Waals surface area contributed by atoms with E-state index in [0.29, 0.717) is 16.9 Å². The molecule has 0 saturated heterocycles. The molecule has 32 heavy (non-hydrogen) atoms. The van der Waals surface area contributed by atoms with E-state index in [1.807, 2.05) is 0 Å². The number of rotatable bonds is 7. The Morgan fingerprint density at radius 1 is 1.00 bits per heavy atom. The number of benzene rings is 3. The van der Waals surface area contributed by atoms with E-state index in [-0.39, 0.29) is 16.1 Å². The van der Waals surface area contributed by atoms with Crippen LogP contribution >= 0.6 is 0 Å². The van der Waals surface area contributed by atoms with Crippen molar-refractivity contribution in [3.63, 3.8) is 0 Å². The first-order valence-corrected chi connectivity index (χ1v) is 11.1. The summed E-state index contributed by atoms with van der Waals surface area (Å²) < 4.78 is 60.3. The Hall–Kier alpha value is -3.46. The molecule has 0 saturated carbocycles. The molecule has 0 spiro atoms. The van der Waals surface area contributed by atoms with Crippen molar-refractivity contribution in [1.82, 2.24) is 5.32 Å². The number of methoxy groups -OCH3 is 1. The number of aryl methyl sites for hydroxylation is 1. The quantitative estimate of drug-likeness (QED) is 0.541. The molecule has 1 unspecified atom stereocenters. The van der Waals surface area contributed by atoms with Gasteiger partial charge < -0.3 is 10.1 Å². The van der Waals surface area contributed by atoms with Crippen LogP contribution in [-0.2, 0) is 10.0 Å². The molecular weight excluding hydrogens is 438 g/mol. The van der Waals surface area contributed by atoms with Gasteiger partial charge in [0.2, 0.25) is 0 Å². The number of halogens is 2. The highest BCUT2D eigenvalue weighted by Gasteiger charge is 2.21. The van der Waals surface area contributed by atoms with Crippen molar-refractivity contribution in [3.05, 3.63) is 89.0 Å². The lowest BCUT2D eigenvalue weighted by atomic mass is 10.1. The molecule has 2 N–H and O–H groups in total. The van der Waals surface area contributed by atoms with Crippen molar-refractivity contribution < 1.29 is 26.7 Å². The van der Waals surface area contributed by atoms with Gasteiger partial charge in [-0.3, -0.25) is 9.52 Å². The molecular formula is C23H22F2N2O4S. The molecule has 6 nitrogen and oxygen atoms in total. The van der Waals surface area contributed by atoms with Crippen LogP contribution in [0.15, 0.2) is 65.6 Å². The molecule has 3 rings (SSSR count). The summed E-state index contributed by atoms with van der Waals surface area (Å²) >= 11 is 0. The van der Waals surface area contributed by atoms with Crippen molar-refractivity contribution >= 4 is 21.6 Å². The molecule has 0 aliphatic heterocycles. The molecule has 0 aromatic heterocycles. The number of ether oxygens (including phenoxy) is 1. The Morgan fingerprint density at radius 3 is 2.41 bits per heavy atom. The molecule has 3 aromatic carbocycles. The normalized spacial score (nSPS) is 12.2. The van der Waals surface area contributed by atoms with Crippen LogP contribution in [0.1, 0.15) is 34.5 Å². The third-order valence-corrected chi connectivity index (χ3v) is 6.39. The average molecular weight is 461 g/mol. The summed E-state index contributed by atoms with van der Waals surface area (Å²) in [6, 6.07) is 13.5. The van der Waals surface area contributed by atoms with Crippen LogP contribution in [0, 0.1) is 18.6 Å². The summed E-state index contributed by atoms with van der Waals surface area (Å²) in [5.74, 6) is -2.21. The van der Waals surface area contributed by atoms with E-state index >= 15 is 0 Å². The molecule has 0 aliphatic carbocycles. The van der Waals surface area contributed by atoms with Gasteiger partial charge >= 0.3 is 0 Å². The molecule has 9 heteroatoms. The Labute approximate surface area is 185 Å². The number of para-hydroxylation sites is 2. The predicted molar refractivity (Wildman–Crippen MR) is 117 cm³/mol. The van der Waals surface area contributed by atoms with E-state index in [2.05, 4.69) is 10.0 Å². The van der Waals surface area contributed by atoms with Gasteiger partial charge in [0.1, 0.15) is 5.75 Å². The lowest BCUT2D eigenvalue weighted by molar-refractivity contribution is 0.0939. The number of hydrogen-bond donors (Lipinski definition) is 2. The fourth-order valence-corrected chi connectivity index (χ4v) is 4.45. The van der Waals surface area contributed by atoms with E-state index < -0.39 is 33.6 Å². The van der Waals surface area contributed by atoms with Gasteiger partial charge in [-0.25, -0.2) is 17.2 Å². The predicted octanol–water partition coefficient (Wildman–Crippen LogP) is 4.57. The van der Waals surface area contributed by atoms with Gasteiger partial charge in [-0.2, -0.15) is 0 Å². The maximum absolute atomic E-state index is 13.5. The standard InChI is InChI=1S/C23H22F2N2O4S/c1-14-8-9-17(23(28)26-15(2)16-10-11-18(24)19(25)12-16)13-22(14)32(29,30)27-20-6-4-5-7-21(20)31-3/h4-13,15,27H,1-3H3,(H,26,28). The monoisotopic (exact) mass is 460 g/mol. The molecule has 0 bridgehead atoms. The Bertz CT molecular complexity index is 1260. The number of anilines is 1. The van der Waals surface area contributed by atoms with Crippen molar-refractivity contribution in [2.45, 2.75) is 24.8 Å². The SMILES string of the molecule is COc1ccccc1NS(=O)(=O)c1cc(C(=O)NC(C)c2ccc(F)c(F)c2)ccc1C. The van der Waals surface area contributed by atoms with E-state index in [4.69, 9.17) is 4.74 Å². The summed E-state index contributed by atoms with van der Waals surface area (Å²) in [5, 5.41) is 2.66. The zero-order chi connectivity index (χ0) is 23.5. The molecule has 3 aromatic rings. The number of hydrogen-bond acceptors (Lipinski definition) is 4. The van der Waals surface area contributed by atoms with E-state index in [1.54, 1.807) is 38.1 Å². The molecule has 0 fully saturated rings. The minimum atomic E-state index is -4.02. The molecule has 168 valence electrons. The molecule has 0 aliphatic rings. The highest BCUT2D eigenvalue weighted by Crippen LogP contribution is 2.27. The lowest BCUT2D eigenvalue weighted by Crippen LogP contribution is -2.27. The first-order chi connectivity index (χ1) is 15.1. The van der Waals surface area contributed by atoms with Crippen molar-refractivity contribution in [2.24, 2.45) is 0 Å². The second-order valence-corrected chi connectivity index (χ2v) is 8.81. The van der Waals surface area contributed by atoms with Crippen LogP contribution in [0.3, 0.4) is 0 Å². The van der Waals surface area contributed by atoms with Gasteiger partial charge in [0.05, 0.1) is 23.7 Å². The maximum atomic E-state index is 13.5. The highest BCUT2D eigenvalue weighted by atomic mass is 32.2. The Balaban J connectivity index is 1.85. The van der Waals surface area contributed by atoms with Gasteiger partial charge in [0, 0.05) is 5.56 Å². The van der Waals surface area contributed by atoms with Crippen LogP contribution in [0.5, 0.6) is 5.75 Å². The molecule has 1 amide bonds. The van der Waals surface area contributed by atoms with Crippen LogP contribution in [0.2, 0.25) is 0 Å². The molecule has 0 heterocycles. The Morgan fingerprint density at radius 2 is 1.72 bits per heavy atom. The number of nitrogens with one attached hydrogen (secondary N) is 2. The van der Waals surface area contributed by atoms with Gasteiger partial charge in [-0.05, 0) is 61.4 Å². The second kappa shape index (κ2) is 9.35. The zero-order valence-corrected chi connectivity index (χ0v) is 18.5. The van der Waals surface area contributed by atoms with E-state index in [9.17, 15) is 22.0 Å². The van der Waals surface area contributed by atoms with Gasteiger partial charge in [-0.1, -0.05) is 24.3 Å². The first kappa shape index (κ1) is 23.2. The van der Waals surface area contributed by atoms with Gasteiger partial charge in [-0.15, -0.1) is 0 Å². The highest BCUT2D eigenvalue weighted by molar-refractivity contribution is 7.92. The summed E-state index contributed by atoms with van der Waals surface area (Å²) in [6.07, 6.45) is 0. The smallest absolute Gasteiger partial charge is 0.262 e. The fraction of sp³-hybridized carbons (Fsp3) is 0.174. The van der Waals surface area contributed by atoms with Crippen molar-refractivity contribution in [1.29, 1.82) is 0 Å². The lowest BCUT2D eigenvalue weighted by Gasteiger charge is -2.16. The summed E-state index contributed by atoms with van der Waals surface area (Å²) in [6.45, 7) is 3.22. The summed E-state index contributed by atoms with van der Waals surface area (Å²) in [4.78, 5) is 12.6. The third-order valence-electron chi connectivity index (χ3n) is 4.88. The number of carbonyl (C=O) groups is 1. The Kier molecular flexibility index (Phi) is 6.78. The van der Waals surface area contributed by atoms with E-state index in [1.165, 1.54) is 31.4 Å². The van der Waals surface area contributed by atoms with E-state index in [0.717, 1.165) is 12.1 Å². The third kappa shape index (κ3) is 5.05. The summed E-state index contributed by atoms with van der Waals surface area (Å²) in [5.41, 5.74) is 1.18. The second-order valence-electron chi connectivity index (χ2n) is 7.15. The summed E-state index contributed by atoms with van der Waals surface area (Å²) in [7, 11) is -2.60. The topological polar surface area (TPSA) is 84.5 Å². The largest absolute Gasteiger partial charge is 0.495 e. The fourth-order valence-electron chi connectivity index (χ4n) is 3.10. The maximum Gasteiger partial charge on any atom is 0.262 e. The van der Waals surface area contributed by atoms with Gasteiger partial charge in [0.15, 0.2) is 11.6 Å². The molecule has 1 atom stereocenters. The molecule has 0 radical (unpaired) electrons. The number of sulfonamides is 1. The number of amides is 1. The van der Waals surface area contributed by atoms with Crippen LogP contribution in [0.25, 0.3) is 0 Å². The zero-order valence-electron chi connectivity index (χ0n) is 17.6. The van der Waals surface area contributed by atoms with Crippen LogP contribution in [0.4, 0.5) is 14.5 Å².